The number of hydrogen-bond acceptors (Lipinski definition) is 5. The lowest BCUT2D eigenvalue weighted by molar-refractivity contribution is -0.132. The number of carbonyl (C=O) groups excluding carboxylic acids is 3. The Morgan fingerprint density at radius 2 is 1.78 bits per heavy atom. The minimum atomic E-state index is -0.870. The van der Waals surface area contributed by atoms with Crippen molar-refractivity contribution in [3.8, 4) is 6.07 Å². The maximum absolute atomic E-state index is 13.1. The normalized spacial score (nSPS) is 20.9. The number of nitrogens with zero attached hydrogens (tertiary/aromatic N) is 2. The standard InChI is InChI=1S/C30H33N3O4/c1-20-4-9-24-23(16-20)25(32-28(36)30(19-31)10-3-11-30)18-29(24)12-14-33(15-13-29)26(34)17-21-5-7-22(8-6-21)27(35)37-2/h4-9,16,25H,3,10-15,17-18H2,1-2H3,(H,32,36). The molecule has 2 fully saturated rings. The number of rotatable bonds is 5. The molecule has 2 aromatic carbocycles. The number of esters is 1. The molecule has 0 radical (unpaired) electrons. The number of aryl methyl sites for hydroxylation is 1. The molecule has 2 aromatic rings. The minimum absolute atomic E-state index is 0.0774. The quantitative estimate of drug-likeness (QED) is 0.624. The van der Waals surface area contributed by atoms with Crippen LogP contribution in [0.2, 0.25) is 0 Å². The Hall–Kier alpha value is -3.66. The number of likely N-dealkylation sites (tertiary alicyclic amines) is 1. The van der Waals surface area contributed by atoms with Crippen molar-refractivity contribution < 1.29 is 19.1 Å². The third kappa shape index (κ3) is 4.50. The van der Waals surface area contributed by atoms with Crippen LogP contribution in [0, 0.1) is 23.7 Å². The minimum Gasteiger partial charge on any atom is -0.465 e. The SMILES string of the molecule is COC(=O)c1ccc(CC(=O)N2CCC3(CC2)CC(NC(=O)C2(C#N)CCC2)c2cc(C)ccc23)cc1. The lowest BCUT2D eigenvalue weighted by Gasteiger charge is -2.40. The molecule has 1 aliphatic heterocycles. The van der Waals surface area contributed by atoms with Gasteiger partial charge in [-0.3, -0.25) is 9.59 Å². The summed E-state index contributed by atoms with van der Waals surface area (Å²) in [6, 6.07) is 15.6. The van der Waals surface area contributed by atoms with E-state index in [1.165, 1.54) is 12.7 Å². The van der Waals surface area contributed by atoms with Crippen LogP contribution in [0.3, 0.4) is 0 Å². The summed E-state index contributed by atoms with van der Waals surface area (Å²) in [5.74, 6) is -0.452. The van der Waals surface area contributed by atoms with E-state index in [0.717, 1.165) is 42.4 Å². The first kappa shape index (κ1) is 25.0. The second-order valence-corrected chi connectivity index (χ2v) is 10.9. The molecule has 1 saturated carbocycles. The molecule has 1 unspecified atom stereocenters. The van der Waals surface area contributed by atoms with E-state index in [-0.39, 0.29) is 23.3 Å². The summed E-state index contributed by atoms with van der Waals surface area (Å²) in [5, 5.41) is 12.9. The van der Waals surface area contributed by atoms with E-state index in [9.17, 15) is 19.6 Å². The molecule has 2 aliphatic carbocycles. The van der Waals surface area contributed by atoms with E-state index in [1.807, 2.05) is 4.90 Å². The van der Waals surface area contributed by atoms with E-state index in [4.69, 9.17) is 4.74 Å². The van der Waals surface area contributed by atoms with Crippen LogP contribution in [-0.4, -0.2) is 42.9 Å². The first-order valence-corrected chi connectivity index (χ1v) is 13.1. The van der Waals surface area contributed by atoms with Gasteiger partial charge in [0.15, 0.2) is 0 Å². The molecule has 2 amide bonds. The van der Waals surface area contributed by atoms with Gasteiger partial charge in [-0.2, -0.15) is 5.26 Å². The van der Waals surface area contributed by atoms with Crippen molar-refractivity contribution in [2.24, 2.45) is 5.41 Å². The maximum Gasteiger partial charge on any atom is 0.337 e. The van der Waals surface area contributed by atoms with Gasteiger partial charge in [-0.25, -0.2) is 4.79 Å². The smallest absolute Gasteiger partial charge is 0.337 e. The highest BCUT2D eigenvalue weighted by Gasteiger charge is 2.49. The largest absolute Gasteiger partial charge is 0.465 e. The van der Waals surface area contributed by atoms with Gasteiger partial charge >= 0.3 is 5.97 Å². The zero-order chi connectivity index (χ0) is 26.2. The van der Waals surface area contributed by atoms with Crippen LogP contribution in [0.4, 0.5) is 0 Å². The fourth-order valence-corrected chi connectivity index (χ4v) is 6.23. The Bertz CT molecular complexity index is 1260. The van der Waals surface area contributed by atoms with Crippen molar-refractivity contribution in [1.29, 1.82) is 5.26 Å². The zero-order valence-electron chi connectivity index (χ0n) is 21.5. The fourth-order valence-electron chi connectivity index (χ4n) is 6.23. The first-order chi connectivity index (χ1) is 17.8. The van der Waals surface area contributed by atoms with E-state index in [0.29, 0.717) is 37.9 Å². The third-order valence-electron chi connectivity index (χ3n) is 8.71. The van der Waals surface area contributed by atoms with Crippen LogP contribution in [0.25, 0.3) is 0 Å². The first-order valence-electron chi connectivity index (χ1n) is 13.1. The van der Waals surface area contributed by atoms with Crippen molar-refractivity contribution in [3.05, 3.63) is 70.3 Å². The average Bonchev–Trinajstić information content (AvgIpc) is 3.15. The van der Waals surface area contributed by atoms with E-state index in [1.54, 1.807) is 24.3 Å². The number of piperidine rings is 1. The average molecular weight is 500 g/mol. The van der Waals surface area contributed by atoms with Crippen LogP contribution in [0.15, 0.2) is 42.5 Å². The van der Waals surface area contributed by atoms with Crippen LogP contribution >= 0.6 is 0 Å². The van der Waals surface area contributed by atoms with Crippen molar-refractivity contribution >= 4 is 17.8 Å². The van der Waals surface area contributed by atoms with Crippen molar-refractivity contribution in [2.45, 2.75) is 63.3 Å². The van der Waals surface area contributed by atoms with Gasteiger partial charge in [0.1, 0.15) is 5.41 Å². The number of nitriles is 1. The number of hydrogen-bond donors (Lipinski definition) is 1. The predicted molar refractivity (Wildman–Crippen MR) is 138 cm³/mol. The monoisotopic (exact) mass is 499 g/mol. The Labute approximate surface area is 217 Å². The summed E-state index contributed by atoms with van der Waals surface area (Å²) < 4.78 is 4.74. The summed E-state index contributed by atoms with van der Waals surface area (Å²) in [6.45, 7) is 3.39. The second kappa shape index (κ2) is 9.66. The van der Waals surface area contributed by atoms with Crippen LogP contribution in [0.5, 0.6) is 0 Å². The van der Waals surface area contributed by atoms with Gasteiger partial charge in [0.25, 0.3) is 0 Å². The summed E-state index contributed by atoms with van der Waals surface area (Å²) >= 11 is 0. The third-order valence-corrected chi connectivity index (χ3v) is 8.71. The number of nitrogens with one attached hydrogen (secondary N) is 1. The molecule has 37 heavy (non-hydrogen) atoms. The number of ether oxygens (including phenoxy) is 1. The van der Waals surface area contributed by atoms with Gasteiger partial charge < -0.3 is 15.0 Å². The molecule has 1 atom stereocenters. The summed E-state index contributed by atoms with van der Waals surface area (Å²) in [6.07, 6.45) is 4.96. The molecule has 7 nitrogen and oxygen atoms in total. The number of methoxy groups -OCH3 is 1. The van der Waals surface area contributed by atoms with E-state index >= 15 is 0 Å². The van der Waals surface area contributed by atoms with Crippen LogP contribution < -0.4 is 5.32 Å². The maximum atomic E-state index is 13.1. The molecule has 0 aromatic heterocycles. The zero-order valence-corrected chi connectivity index (χ0v) is 21.5. The molecule has 7 heteroatoms. The molecule has 1 heterocycles. The van der Waals surface area contributed by atoms with Gasteiger partial charge in [0, 0.05) is 18.5 Å². The number of fused-ring (bicyclic) bond motifs is 2. The van der Waals surface area contributed by atoms with Crippen LogP contribution in [0.1, 0.15) is 77.2 Å². The molecule has 192 valence electrons. The Balaban J connectivity index is 1.26. The molecule has 3 aliphatic rings. The number of amides is 2. The summed E-state index contributed by atoms with van der Waals surface area (Å²) in [7, 11) is 1.35. The van der Waals surface area contributed by atoms with Crippen molar-refractivity contribution in [2.75, 3.05) is 20.2 Å². The molecular weight excluding hydrogens is 466 g/mol. The molecule has 1 saturated heterocycles. The van der Waals surface area contributed by atoms with E-state index in [2.05, 4.69) is 36.5 Å². The highest BCUT2D eigenvalue weighted by Crippen LogP contribution is 2.52. The van der Waals surface area contributed by atoms with E-state index < -0.39 is 11.4 Å². The molecule has 1 N–H and O–H groups in total. The van der Waals surface area contributed by atoms with Gasteiger partial charge in [-0.15, -0.1) is 0 Å². The van der Waals surface area contributed by atoms with Gasteiger partial charge in [-0.05, 0) is 74.3 Å². The number of carbonyl (C=O) groups is 3. The molecule has 0 bridgehead atoms. The van der Waals surface area contributed by atoms with Crippen LogP contribution in [-0.2, 0) is 26.2 Å². The van der Waals surface area contributed by atoms with Crippen molar-refractivity contribution in [1.82, 2.24) is 10.2 Å². The van der Waals surface area contributed by atoms with Gasteiger partial charge in [0.05, 0.1) is 31.2 Å². The summed E-state index contributed by atoms with van der Waals surface area (Å²) in [5.41, 5.74) is 3.96. The molecule has 5 rings (SSSR count). The lowest BCUT2D eigenvalue weighted by atomic mass is 9.69. The van der Waals surface area contributed by atoms with Gasteiger partial charge in [0.2, 0.25) is 11.8 Å². The fraction of sp³-hybridized carbons (Fsp3) is 0.467. The van der Waals surface area contributed by atoms with Gasteiger partial charge in [-0.1, -0.05) is 35.9 Å². The summed E-state index contributed by atoms with van der Waals surface area (Å²) in [4.78, 5) is 39.7. The Kier molecular flexibility index (Phi) is 6.53. The number of benzene rings is 2. The Morgan fingerprint density at radius 1 is 1.08 bits per heavy atom. The topological polar surface area (TPSA) is 99.5 Å². The lowest BCUT2D eigenvalue weighted by Crippen LogP contribution is -2.47. The molecule has 1 spiro atoms. The second-order valence-electron chi connectivity index (χ2n) is 10.9. The predicted octanol–water partition coefficient (Wildman–Crippen LogP) is 4.14. The Morgan fingerprint density at radius 3 is 2.38 bits per heavy atom. The van der Waals surface area contributed by atoms with Crippen molar-refractivity contribution in [3.63, 3.8) is 0 Å². The highest BCUT2D eigenvalue weighted by molar-refractivity contribution is 5.89. The molecular formula is C30H33N3O4. The highest BCUT2D eigenvalue weighted by atomic mass is 16.5.